The molecule has 1 aromatic heterocycles. The molecule has 168 valence electrons. The SMILES string of the molecule is CCOC(=O)c1[nH]c2cc(OC)ccc2c1NC(=O)CN1c2ccc(F)cc2CCC1C. The molecule has 0 spiro atoms. The lowest BCUT2D eigenvalue weighted by atomic mass is 9.96. The number of aromatic amines is 1. The number of anilines is 2. The number of amides is 1. The van der Waals surface area contributed by atoms with E-state index in [-0.39, 0.29) is 36.6 Å². The van der Waals surface area contributed by atoms with E-state index in [2.05, 4.69) is 10.3 Å². The second-order valence-electron chi connectivity index (χ2n) is 7.84. The first kappa shape index (κ1) is 21.7. The van der Waals surface area contributed by atoms with E-state index < -0.39 is 5.97 Å². The summed E-state index contributed by atoms with van der Waals surface area (Å²) < 4.78 is 24.1. The van der Waals surface area contributed by atoms with Gasteiger partial charge in [-0.3, -0.25) is 4.79 Å². The molecule has 4 rings (SSSR count). The minimum atomic E-state index is -0.551. The van der Waals surface area contributed by atoms with E-state index in [0.717, 1.165) is 24.1 Å². The second kappa shape index (κ2) is 8.90. The third-order valence-electron chi connectivity index (χ3n) is 5.78. The first-order valence-electron chi connectivity index (χ1n) is 10.6. The van der Waals surface area contributed by atoms with Gasteiger partial charge in [-0.25, -0.2) is 9.18 Å². The summed E-state index contributed by atoms with van der Waals surface area (Å²) in [5, 5.41) is 3.57. The fourth-order valence-corrected chi connectivity index (χ4v) is 4.16. The normalized spacial score (nSPS) is 15.4. The Balaban J connectivity index is 1.64. The van der Waals surface area contributed by atoms with Gasteiger partial charge in [0, 0.05) is 23.2 Å². The number of hydrogen-bond acceptors (Lipinski definition) is 5. The van der Waals surface area contributed by atoms with E-state index in [9.17, 15) is 14.0 Å². The Kier molecular flexibility index (Phi) is 6.03. The fraction of sp³-hybridized carbons (Fsp3) is 0.333. The number of fused-ring (bicyclic) bond motifs is 2. The highest BCUT2D eigenvalue weighted by Gasteiger charge is 2.27. The lowest BCUT2D eigenvalue weighted by molar-refractivity contribution is -0.115. The lowest BCUT2D eigenvalue weighted by Crippen LogP contribution is -2.42. The average molecular weight is 439 g/mol. The number of halogens is 1. The van der Waals surface area contributed by atoms with Gasteiger partial charge in [-0.1, -0.05) is 0 Å². The number of aromatic nitrogens is 1. The number of nitrogens with zero attached hydrogens (tertiary/aromatic N) is 1. The maximum atomic E-state index is 13.7. The Morgan fingerprint density at radius 3 is 2.81 bits per heavy atom. The molecule has 8 heteroatoms. The molecule has 0 bridgehead atoms. The molecule has 3 aromatic rings. The van der Waals surface area contributed by atoms with Crippen molar-refractivity contribution < 1.29 is 23.5 Å². The van der Waals surface area contributed by atoms with Gasteiger partial charge in [0.2, 0.25) is 5.91 Å². The van der Waals surface area contributed by atoms with Crippen molar-refractivity contribution in [3.05, 3.63) is 53.5 Å². The van der Waals surface area contributed by atoms with E-state index in [1.54, 1.807) is 38.3 Å². The number of H-pyrrole nitrogens is 1. The number of aryl methyl sites for hydroxylation is 1. The zero-order valence-electron chi connectivity index (χ0n) is 18.3. The number of methoxy groups -OCH3 is 1. The number of carbonyl (C=O) groups excluding carboxylic acids is 2. The van der Waals surface area contributed by atoms with Crippen LogP contribution in [0.15, 0.2) is 36.4 Å². The summed E-state index contributed by atoms with van der Waals surface area (Å²) in [5.41, 5.74) is 2.94. The highest BCUT2D eigenvalue weighted by atomic mass is 19.1. The predicted molar refractivity (Wildman–Crippen MR) is 121 cm³/mol. The van der Waals surface area contributed by atoms with Crippen LogP contribution < -0.4 is 15.0 Å². The Labute approximate surface area is 185 Å². The van der Waals surface area contributed by atoms with Gasteiger partial charge in [0.05, 0.1) is 31.5 Å². The molecule has 0 saturated carbocycles. The van der Waals surface area contributed by atoms with Crippen LogP contribution in [0.1, 0.15) is 36.3 Å². The molecule has 0 aliphatic carbocycles. The van der Waals surface area contributed by atoms with Crippen molar-refractivity contribution in [2.45, 2.75) is 32.7 Å². The van der Waals surface area contributed by atoms with Crippen molar-refractivity contribution in [2.24, 2.45) is 0 Å². The first-order valence-corrected chi connectivity index (χ1v) is 10.6. The van der Waals surface area contributed by atoms with Crippen LogP contribution in [0.5, 0.6) is 5.75 Å². The smallest absolute Gasteiger partial charge is 0.356 e. The largest absolute Gasteiger partial charge is 0.497 e. The van der Waals surface area contributed by atoms with E-state index in [1.807, 2.05) is 11.8 Å². The molecule has 2 aromatic carbocycles. The summed E-state index contributed by atoms with van der Waals surface area (Å²) in [6.07, 6.45) is 1.59. The first-order chi connectivity index (χ1) is 15.4. The van der Waals surface area contributed by atoms with Crippen molar-refractivity contribution >= 4 is 34.2 Å². The third kappa shape index (κ3) is 4.12. The molecule has 1 amide bonds. The highest BCUT2D eigenvalue weighted by molar-refractivity contribution is 6.11. The lowest BCUT2D eigenvalue weighted by Gasteiger charge is -2.36. The minimum absolute atomic E-state index is 0.0743. The van der Waals surface area contributed by atoms with Crippen molar-refractivity contribution in [3.63, 3.8) is 0 Å². The molecule has 0 fully saturated rings. The van der Waals surface area contributed by atoms with Crippen molar-refractivity contribution in [1.82, 2.24) is 4.98 Å². The molecule has 1 unspecified atom stereocenters. The average Bonchev–Trinajstić information content (AvgIpc) is 3.13. The van der Waals surface area contributed by atoms with Crippen molar-refractivity contribution in [3.8, 4) is 5.75 Å². The van der Waals surface area contributed by atoms with Crippen molar-refractivity contribution in [1.29, 1.82) is 0 Å². The summed E-state index contributed by atoms with van der Waals surface area (Å²) >= 11 is 0. The number of ether oxygens (including phenoxy) is 2. The molecular formula is C24H26FN3O4. The summed E-state index contributed by atoms with van der Waals surface area (Å²) in [6.45, 7) is 4.05. The number of benzene rings is 2. The molecule has 1 aliphatic heterocycles. The van der Waals surface area contributed by atoms with E-state index >= 15 is 0 Å². The summed E-state index contributed by atoms with van der Waals surface area (Å²) in [7, 11) is 1.56. The van der Waals surface area contributed by atoms with Gasteiger partial charge in [-0.15, -0.1) is 0 Å². The Bertz CT molecular complexity index is 1170. The summed E-state index contributed by atoms with van der Waals surface area (Å²) in [4.78, 5) is 30.6. The molecular weight excluding hydrogens is 413 g/mol. The standard InChI is InChI=1S/C24H26FN3O4/c1-4-32-24(30)23-22(18-9-8-17(31-3)12-19(18)26-23)27-21(29)13-28-14(2)5-6-15-11-16(25)7-10-20(15)28/h7-12,14,26H,4-6,13H2,1-3H3,(H,27,29). The number of rotatable bonds is 6. The van der Waals surface area contributed by atoms with Crippen LogP contribution >= 0.6 is 0 Å². The summed E-state index contributed by atoms with van der Waals surface area (Å²) in [5.74, 6) is -0.490. The Hall–Kier alpha value is -3.55. The van der Waals surface area contributed by atoms with Gasteiger partial charge >= 0.3 is 5.97 Å². The monoisotopic (exact) mass is 439 g/mol. The minimum Gasteiger partial charge on any atom is -0.497 e. The number of nitrogens with one attached hydrogen (secondary N) is 2. The second-order valence-corrected chi connectivity index (χ2v) is 7.84. The fourth-order valence-electron chi connectivity index (χ4n) is 4.16. The third-order valence-corrected chi connectivity index (χ3v) is 5.78. The number of hydrogen-bond donors (Lipinski definition) is 2. The topological polar surface area (TPSA) is 83.7 Å². The van der Waals surface area contributed by atoms with Crippen LogP contribution in [-0.2, 0) is 16.0 Å². The maximum absolute atomic E-state index is 13.7. The van der Waals surface area contributed by atoms with Gasteiger partial charge in [-0.2, -0.15) is 0 Å². The summed E-state index contributed by atoms with van der Waals surface area (Å²) in [6, 6.07) is 10.1. The van der Waals surface area contributed by atoms with Gasteiger partial charge in [0.1, 0.15) is 17.3 Å². The van der Waals surface area contributed by atoms with Gasteiger partial charge < -0.3 is 24.7 Å². The molecule has 2 heterocycles. The van der Waals surface area contributed by atoms with E-state index in [4.69, 9.17) is 9.47 Å². The Morgan fingerprint density at radius 2 is 2.06 bits per heavy atom. The molecule has 0 radical (unpaired) electrons. The van der Waals surface area contributed by atoms with Crippen LogP contribution in [0, 0.1) is 5.82 Å². The molecule has 32 heavy (non-hydrogen) atoms. The van der Waals surface area contributed by atoms with Crippen LogP contribution in [0.3, 0.4) is 0 Å². The maximum Gasteiger partial charge on any atom is 0.356 e. The van der Waals surface area contributed by atoms with Crippen molar-refractivity contribution in [2.75, 3.05) is 30.5 Å². The zero-order chi connectivity index (χ0) is 22.8. The predicted octanol–water partition coefficient (Wildman–Crippen LogP) is 4.27. The number of carbonyl (C=O) groups is 2. The Morgan fingerprint density at radius 1 is 1.25 bits per heavy atom. The number of esters is 1. The van der Waals surface area contributed by atoms with Gasteiger partial charge in [0.15, 0.2) is 0 Å². The van der Waals surface area contributed by atoms with Crippen LogP contribution in [0.25, 0.3) is 10.9 Å². The molecule has 2 N–H and O–H groups in total. The van der Waals surface area contributed by atoms with Crippen LogP contribution in [0.2, 0.25) is 0 Å². The molecule has 1 atom stereocenters. The molecule has 7 nitrogen and oxygen atoms in total. The zero-order valence-corrected chi connectivity index (χ0v) is 18.3. The van der Waals surface area contributed by atoms with Crippen LogP contribution in [-0.4, -0.2) is 43.2 Å². The molecule has 0 saturated heterocycles. The van der Waals surface area contributed by atoms with E-state index in [0.29, 0.717) is 22.3 Å². The highest BCUT2D eigenvalue weighted by Crippen LogP contribution is 2.33. The van der Waals surface area contributed by atoms with Gasteiger partial charge in [-0.05, 0) is 62.6 Å². The van der Waals surface area contributed by atoms with E-state index in [1.165, 1.54) is 12.1 Å². The molecule has 1 aliphatic rings. The van der Waals surface area contributed by atoms with Crippen LogP contribution in [0.4, 0.5) is 15.8 Å². The van der Waals surface area contributed by atoms with Gasteiger partial charge in [0.25, 0.3) is 0 Å². The quantitative estimate of drug-likeness (QED) is 0.561.